The third-order valence-electron chi connectivity index (χ3n) is 5.95. The number of hydrogen-bond acceptors (Lipinski definition) is 7. The van der Waals surface area contributed by atoms with Crippen molar-refractivity contribution in [1.82, 2.24) is 14.5 Å². The number of nitrogens with one attached hydrogen (secondary N) is 1. The van der Waals surface area contributed by atoms with Crippen LogP contribution >= 0.6 is 11.3 Å². The fourth-order valence-corrected chi connectivity index (χ4v) is 5.67. The fraction of sp³-hybridized carbons (Fsp3) is 0.250. The van der Waals surface area contributed by atoms with Crippen molar-refractivity contribution in [2.75, 3.05) is 12.1 Å². The van der Waals surface area contributed by atoms with Gasteiger partial charge in [0.1, 0.15) is 17.2 Å². The van der Waals surface area contributed by atoms with Gasteiger partial charge in [-0.1, -0.05) is 0 Å². The molecular formula is C24H20N4O4S. The maximum absolute atomic E-state index is 13.7. The van der Waals surface area contributed by atoms with Crippen LogP contribution in [0.2, 0.25) is 0 Å². The Balaban J connectivity index is 1.41. The average molecular weight is 461 g/mol. The number of carbonyl (C=O) groups excluding carboxylic acids is 1. The molecule has 0 fully saturated rings. The zero-order valence-corrected chi connectivity index (χ0v) is 18.5. The molecule has 8 nitrogen and oxygen atoms in total. The second-order valence-electron chi connectivity index (χ2n) is 8.08. The number of aromatic nitrogens is 3. The number of ether oxygens (including phenoxy) is 2. The standard InChI is InChI=1S/C24H20N4O4S/c29-20(26-15-7-8-17-18(10-15)32-13-31-17)12-28-22(14-4-3-9-25-11-14)27-23-21(24(28)30)16-5-1-2-6-19(16)33-23/h3-4,7-11H,1-2,5-6,12-13H2,(H,26,29). The number of carbonyl (C=O) groups is 1. The highest BCUT2D eigenvalue weighted by Crippen LogP contribution is 2.35. The summed E-state index contributed by atoms with van der Waals surface area (Å²) in [6.07, 6.45) is 7.37. The predicted molar refractivity (Wildman–Crippen MR) is 125 cm³/mol. The second kappa shape index (κ2) is 8.00. The predicted octanol–water partition coefficient (Wildman–Crippen LogP) is 3.77. The molecule has 0 radical (unpaired) electrons. The number of fused-ring (bicyclic) bond motifs is 4. The van der Waals surface area contributed by atoms with Gasteiger partial charge in [0, 0.05) is 34.6 Å². The molecule has 1 aliphatic carbocycles. The van der Waals surface area contributed by atoms with Crippen molar-refractivity contribution in [1.29, 1.82) is 0 Å². The van der Waals surface area contributed by atoms with Gasteiger partial charge < -0.3 is 14.8 Å². The molecule has 0 bridgehead atoms. The molecular weight excluding hydrogens is 440 g/mol. The molecule has 0 atom stereocenters. The summed E-state index contributed by atoms with van der Waals surface area (Å²) in [5.41, 5.74) is 2.18. The summed E-state index contributed by atoms with van der Waals surface area (Å²) in [4.78, 5) is 37.7. The van der Waals surface area contributed by atoms with Crippen LogP contribution in [0, 0.1) is 0 Å². The summed E-state index contributed by atoms with van der Waals surface area (Å²) in [6.45, 7) is -0.00168. The maximum Gasteiger partial charge on any atom is 0.263 e. The van der Waals surface area contributed by atoms with Crippen LogP contribution in [0.3, 0.4) is 0 Å². The lowest BCUT2D eigenvalue weighted by Gasteiger charge is -2.14. The van der Waals surface area contributed by atoms with Crippen molar-refractivity contribution in [3.05, 3.63) is 63.5 Å². The summed E-state index contributed by atoms with van der Waals surface area (Å²) in [5, 5.41) is 3.51. The van der Waals surface area contributed by atoms with E-state index in [0.717, 1.165) is 36.1 Å². The SMILES string of the molecule is O=C(Cn1c(-c2cccnc2)nc2sc3c(c2c1=O)CCCC3)Nc1ccc2c(c1)OCO2. The lowest BCUT2D eigenvalue weighted by Crippen LogP contribution is -2.30. The van der Waals surface area contributed by atoms with Crippen molar-refractivity contribution in [3.63, 3.8) is 0 Å². The lowest BCUT2D eigenvalue weighted by molar-refractivity contribution is -0.116. The van der Waals surface area contributed by atoms with Crippen molar-refractivity contribution in [2.45, 2.75) is 32.2 Å². The molecule has 33 heavy (non-hydrogen) atoms. The molecule has 0 saturated heterocycles. The van der Waals surface area contributed by atoms with E-state index in [9.17, 15) is 9.59 Å². The van der Waals surface area contributed by atoms with E-state index in [1.54, 1.807) is 48.0 Å². The average Bonchev–Trinajstić information content (AvgIpc) is 3.45. The highest BCUT2D eigenvalue weighted by atomic mass is 32.1. The summed E-state index contributed by atoms with van der Waals surface area (Å²) < 4.78 is 12.2. The van der Waals surface area contributed by atoms with Crippen LogP contribution < -0.4 is 20.3 Å². The molecule has 0 unspecified atom stereocenters. The molecule has 6 rings (SSSR count). The zero-order chi connectivity index (χ0) is 22.4. The van der Waals surface area contributed by atoms with Crippen LogP contribution in [0.1, 0.15) is 23.3 Å². The quantitative estimate of drug-likeness (QED) is 0.498. The largest absolute Gasteiger partial charge is 0.454 e. The van der Waals surface area contributed by atoms with Gasteiger partial charge in [-0.25, -0.2) is 4.98 Å². The first-order valence-corrected chi connectivity index (χ1v) is 11.6. The van der Waals surface area contributed by atoms with E-state index < -0.39 is 0 Å². The first-order chi connectivity index (χ1) is 16.2. The summed E-state index contributed by atoms with van der Waals surface area (Å²) in [6, 6.07) is 8.84. The number of pyridine rings is 1. The second-order valence-corrected chi connectivity index (χ2v) is 9.16. The van der Waals surface area contributed by atoms with Gasteiger partial charge in [-0.05, 0) is 55.5 Å². The first-order valence-electron chi connectivity index (χ1n) is 10.8. The highest BCUT2D eigenvalue weighted by molar-refractivity contribution is 7.18. The van der Waals surface area contributed by atoms with Crippen molar-refractivity contribution < 1.29 is 14.3 Å². The van der Waals surface area contributed by atoms with Gasteiger partial charge in [0.25, 0.3) is 5.56 Å². The van der Waals surface area contributed by atoms with Crippen molar-refractivity contribution in [2.24, 2.45) is 0 Å². The molecule has 9 heteroatoms. The molecule has 3 aromatic heterocycles. The number of nitrogens with zero attached hydrogens (tertiary/aromatic N) is 3. The zero-order valence-electron chi connectivity index (χ0n) is 17.7. The topological polar surface area (TPSA) is 95.3 Å². The molecule has 0 saturated carbocycles. The molecule has 166 valence electrons. The third kappa shape index (κ3) is 3.54. The Kier molecular flexibility index (Phi) is 4.83. The maximum atomic E-state index is 13.7. The number of hydrogen-bond donors (Lipinski definition) is 1. The van der Waals surface area contributed by atoms with Gasteiger partial charge in [0.05, 0.1) is 5.39 Å². The number of anilines is 1. The number of rotatable bonds is 4. The van der Waals surface area contributed by atoms with Gasteiger partial charge in [-0.3, -0.25) is 19.1 Å². The number of aryl methyl sites for hydroxylation is 2. The molecule has 2 aliphatic rings. The van der Waals surface area contributed by atoms with Crippen LogP contribution in [-0.2, 0) is 24.2 Å². The minimum Gasteiger partial charge on any atom is -0.454 e. The molecule has 1 N–H and O–H groups in total. The molecule has 1 aliphatic heterocycles. The molecule has 0 spiro atoms. The lowest BCUT2D eigenvalue weighted by atomic mass is 9.97. The Labute approximate surface area is 192 Å². The Bertz CT molecular complexity index is 1440. The van der Waals surface area contributed by atoms with Crippen LogP contribution in [0.25, 0.3) is 21.6 Å². The minimum atomic E-state index is -0.327. The Hall–Kier alpha value is -3.72. The number of amides is 1. The molecule has 4 aromatic rings. The van der Waals surface area contributed by atoms with E-state index >= 15 is 0 Å². The Morgan fingerprint density at radius 3 is 2.91 bits per heavy atom. The number of thiophene rings is 1. The van der Waals surface area contributed by atoms with E-state index in [0.29, 0.717) is 34.0 Å². The normalized spacial score (nSPS) is 14.3. The van der Waals surface area contributed by atoms with E-state index in [4.69, 9.17) is 14.5 Å². The van der Waals surface area contributed by atoms with Crippen molar-refractivity contribution >= 4 is 33.1 Å². The summed E-state index contributed by atoms with van der Waals surface area (Å²) >= 11 is 1.59. The van der Waals surface area contributed by atoms with Crippen LogP contribution in [-0.4, -0.2) is 27.2 Å². The van der Waals surface area contributed by atoms with Crippen LogP contribution in [0.5, 0.6) is 11.5 Å². The van der Waals surface area contributed by atoms with E-state index in [1.807, 2.05) is 6.07 Å². The van der Waals surface area contributed by atoms with Gasteiger partial charge in [0.2, 0.25) is 12.7 Å². The summed E-state index contributed by atoms with van der Waals surface area (Å²) in [5.74, 6) is 1.33. The van der Waals surface area contributed by atoms with Crippen molar-refractivity contribution in [3.8, 4) is 22.9 Å². The van der Waals surface area contributed by atoms with E-state index in [1.165, 1.54) is 9.44 Å². The van der Waals surface area contributed by atoms with Gasteiger partial charge in [-0.15, -0.1) is 11.3 Å². The first kappa shape index (κ1) is 19.9. The van der Waals surface area contributed by atoms with Gasteiger partial charge in [0.15, 0.2) is 11.5 Å². The molecule has 4 heterocycles. The van der Waals surface area contributed by atoms with Gasteiger partial charge >= 0.3 is 0 Å². The molecule has 1 amide bonds. The van der Waals surface area contributed by atoms with E-state index in [2.05, 4.69) is 10.3 Å². The van der Waals surface area contributed by atoms with Crippen LogP contribution in [0.4, 0.5) is 5.69 Å². The summed E-state index contributed by atoms with van der Waals surface area (Å²) in [7, 11) is 0. The highest BCUT2D eigenvalue weighted by Gasteiger charge is 2.24. The van der Waals surface area contributed by atoms with Gasteiger partial charge in [-0.2, -0.15) is 0 Å². The van der Waals surface area contributed by atoms with E-state index in [-0.39, 0.29) is 24.8 Å². The third-order valence-corrected chi connectivity index (χ3v) is 7.14. The minimum absolute atomic E-state index is 0.160. The number of benzene rings is 1. The fourth-order valence-electron chi connectivity index (χ4n) is 4.42. The Morgan fingerprint density at radius 1 is 1.15 bits per heavy atom. The van der Waals surface area contributed by atoms with Crippen LogP contribution in [0.15, 0.2) is 47.5 Å². The monoisotopic (exact) mass is 460 g/mol. The molecule has 1 aromatic carbocycles. The smallest absolute Gasteiger partial charge is 0.263 e. The Morgan fingerprint density at radius 2 is 2.03 bits per heavy atom.